The molecule has 3 aliphatic carbocycles. The molecule has 0 saturated heterocycles. The van der Waals surface area contributed by atoms with Crippen molar-refractivity contribution in [2.45, 2.75) is 275 Å². The number of furan rings is 3. The van der Waals surface area contributed by atoms with Gasteiger partial charge in [0, 0.05) is 32.0 Å². The summed E-state index contributed by atoms with van der Waals surface area (Å²) in [6, 6.07) is 18.9. The van der Waals surface area contributed by atoms with Crippen LogP contribution in [0.25, 0.3) is 99.7 Å². The first-order chi connectivity index (χ1) is 61.8. The molecule has 15 aromatic rings. The molecule has 6 aliphatic rings. The zero-order chi connectivity index (χ0) is 94.4. The summed E-state index contributed by atoms with van der Waals surface area (Å²) < 4.78 is 52.6. The van der Waals surface area contributed by atoms with Gasteiger partial charge in [0.15, 0.2) is 9.84 Å². The van der Waals surface area contributed by atoms with Crippen molar-refractivity contribution in [3.8, 4) is 72.5 Å². The summed E-state index contributed by atoms with van der Waals surface area (Å²) in [5.41, 5.74) is 76.4. The lowest BCUT2D eigenvalue weighted by Gasteiger charge is -2.41. The number of ether oxygens (including phenoxy) is 1. The third-order valence-electron chi connectivity index (χ3n) is 35.8. The van der Waals surface area contributed by atoms with E-state index in [1.54, 1.807) is 12.5 Å². The van der Waals surface area contributed by atoms with Crippen LogP contribution in [0.15, 0.2) is 132 Å². The van der Waals surface area contributed by atoms with E-state index in [1.807, 2.05) is 54.6 Å². The Morgan fingerprint density at radius 2 is 0.473 bits per heavy atom. The smallest absolute Gasteiger partial charge is 0.199 e. The van der Waals surface area contributed by atoms with E-state index < -0.39 is 26.1 Å². The second kappa shape index (κ2) is 30.0. The number of thioether (sulfide) groups is 1. The van der Waals surface area contributed by atoms with E-state index in [4.69, 9.17) is 18.0 Å². The summed E-state index contributed by atoms with van der Waals surface area (Å²) >= 11 is 1.84. The number of hydrogen-bond acceptors (Lipinski definition) is 7. The van der Waals surface area contributed by atoms with E-state index in [0.29, 0.717) is 10.5 Å². The summed E-state index contributed by atoms with van der Waals surface area (Å²) in [4.78, 5) is 1.67. The average Bonchev–Trinajstić information content (AvgIpc) is 1.57. The van der Waals surface area contributed by atoms with Crippen LogP contribution < -0.4 is 4.74 Å². The Morgan fingerprint density at radius 3 is 0.771 bits per heavy atom. The first-order valence-corrected chi connectivity index (χ1v) is 49.3. The minimum Gasteiger partial charge on any atom is -0.465 e. The van der Waals surface area contributed by atoms with Crippen LogP contribution >= 0.6 is 11.8 Å². The van der Waals surface area contributed by atoms with Crippen molar-refractivity contribution < 1.29 is 26.4 Å². The highest BCUT2D eigenvalue weighted by Gasteiger charge is 2.54. The zero-order valence-electron chi connectivity index (χ0n) is 84.2. The van der Waals surface area contributed by atoms with Crippen LogP contribution in [0.2, 0.25) is 0 Å². The average molecular weight is 1760 g/mol. The molecule has 666 valence electrons. The summed E-state index contributed by atoms with van der Waals surface area (Å²) in [6.45, 7) is 83.0. The van der Waals surface area contributed by atoms with E-state index in [0.717, 1.165) is 44.2 Å². The number of fused-ring (bicyclic) bond motifs is 30. The molecule has 0 unspecified atom stereocenters. The second-order valence-electron chi connectivity index (χ2n) is 40.3. The number of benzene rings is 12. The topological polar surface area (TPSA) is 82.8 Å². The Morgan fingerprint density at radius 1 is 0.237 bits per heavy atom. The van der Waals surface area contributed by atoms with Crippen LogP contribution in [0, 0.1) is 249 Å². The molecule has 0 amide bonds. The number of sulfone groups is 1. The van der Waals surface area contributed by atoms with Crippen LogP contribution in [0.5, 0.6) is 5.75 Å². The van der Waals surface area contributed by atoms with Crippen molar-refractivity contribution >= 4 is 54.5 Å². The first-order valence-electron chi connectivity index (χ1n) is 46.9. The number of allylic oxidation sites excluding steroid dienone is 3. The second-order valence-corrected chi connectivity index (χ2v) is 43.0. The summed E-state index contributed by atoms with van der Waals surface area (Å²) in [7, 11) is -3.71. The molecule has 21 rings (SSSR count). The maximum absolute atomic E-state index is 14.0. The van der Waals surface area contributed by atoms with Gasteiger partial charge in [-0.15, -0.1) is 0 Å². The van der Waals surface area contributed by atoms with Gasteiger partial charge in [0.25, 0.3) is 0 Å². The third kappa shape index (κ3) is 11.4. The van der Waals surface area contributed by atoms with Gasteiger partial charge in [-0.25, -0.2) is 8.42 Å². The molecule has 0 fully saturated rings. The summed E-state index contributed by atoms with van der Waals surface area (Å²) in [6.07, 6.45) is 14.1. The van der Waals surface area contributed by atoms with Crippen molar-refractivity contribution in [2.75, 3.05) is 0 Å². The lowest BCUT2D eigenvalue weighted by atomic mass is 9.62. The molecule has 0 atom stereocenters. The molecule has 0 bridgehead atoms. The van der Waals surface area contributed by atoms with Gasteiger partial charge in [-0.2, -0.15) is 0 Å². The van der Waals surface area contributed by atoms with Gasteiger partial charge < -0.3 is 18.0 Å². The first kappa shape index (κ1) is 88.8. The molecule has 0 radical (unpaired) electrons. The fourth-order valence-electron chi connectivity index (χ4n) is 25.5. The van der Waals surface area contributed by atoms with E-state index in [-0.39, 0.29) is 0 Å². The van der Waals surface area contributed by atoms with Crippen LogP contribution in [-0.4, -0.2) is 8.42 Å². The van der Waals surface area contributed by atoms with Crippen molar-refractivity contribution in [2.24, 2.45) is 0 Å². The lowest BCUT2D eigenvalue weighted by molar-refractivity contribution is 0.444. The van der Waals surface area contributed by atoms with Gasteiger partial charge in [-0.05, 0) is 627 Å². The quantitative estimate of drug-likeness (QED) is 0.150. The Bertz CT molecular complexity index is 7450. The Labute approximate surface area is 782 Å². The molecule has 3 spiro atoms. The summed E-state index contributed by atoms with van der Waals surface area (Å²) in [5.74, 6) is 0.894. The molecule has 3 aliphatic heterocycles. The van der Waals surface area contributed by atoms with Crippen LogP contribution in [0.3, 0.4) is 0 Å². The zero-order valence-corrected chi connectivity index (χ0v) is 85.8. The highest BCUT2D eigenvalue weighted by Crippen LogP contribution is 2.67. The molecule has 6 heterocycles. The Kier molecular flexibility index (Phi) is 20.4. The standard InChI is InChI=1S/C41H42O3S.C41H42O2.C41H42OS/c1-19-20(2)26(8)36-35(25(19)7)37-27(9)21(3)23(5)29(11)39(37)41(40-30(12)24(6)22(4)28(10)38(36)40)14-16-45(42,43)34-17-31-13-15-44-33(31)18-32(34)41;2*1-19-20(2)26(8)36-35(25(19)7)37-27(9)21(3)23(5)29(11)39(37)41(40-30(12)24(6)22(4)28(10)38(36)40)14-16-43-34-17-31-13-15-42-33(31)18-32(34)41/h13-18H,1-12H3;2*13-18H,1-12H3. The third-order valence-corrected chi connectivity index (χ3v) is 38.1. The van der Waals surface area contributed by atoms with Gasteiger partial charge in [-0.3, -0.25) is 0 Å². The van der Waals surface area contributed by atoms with Crippen LogP contribution in [0.1, 0.15) is 250 Å². The SMILES string of the molecule is Cc1c(C)c(C)c2c(c1C)-c1c(C)c(C)c(C)c(C)c1C1(C=COc3cc4ccoc4cc31)c1c(C)c(C)c(C)c(C)c1-2.Cc1c(C)c(C)c2c(c1C)-c1c(C)c(C)c(C)c(C)c1C1(C=CS(=O)(=O)c3cc4ccoc4cc31)c1c(C)c(C)c(C)c(C)c1-2.Cc1c(C)c(C)c2c(c1C)-c1c(C)c(C)c(C)c(C)c1C1(C=CSc3cc4ccoc4cc31)c1c(C)c(C)c(C)c(C)c1-2. The highest BCUT2D eigenvalue weighted by atomic mass is 32.2. The van der Waals surface area contributed by atoms with Crippen molar-refractivity contribution in [3.05, 3.63) is 359 Å². The summed E-state index contributed by atoms with van der Waals surface area (Å²) in [5, 5.41) is 6.85. The minimum atomic E-state index is -3.71. The van der Waals surface area contributed by atoms with E-state index >= 15 is 0 Å². The maximum Gasteiger partial charge on any atom is 0.199 e. The van der Waals surface area contributed by atoms with Gasteiger partial charge in [-0.1, -0.05) is 23.9 Å². The molecule has 8 heteroatoms. The lowest BCUT2D eigenvalue weighted by Crippen LogP contribution is -2.35. The molecule has 131 heavy (non-hydrogen) atoms. The molecule has 3 aromatic heterocycles. The van der Waals surface area contributed by atoms with Gasteiger partial charge in [0.2, 0.25) is 0 Å². The number of hydrogen-bond donors (Lipinski definition) is 0. The molecule has 0 saturated carbocycles. The monoisotopic (exact) mass is 1760 g/mol. The van der Waals surface area contributed by atoms with Gasteiger partial charge >= 0.3 is 0 Å². The van der Waals surface area contributed by atoms with E-state index in [1.165, 1.54) is 316 Å². The number of rotatable bonds is 0. The minimum absolute atomic E-state index is 0.355. The Hall–Kier alpha value is -11.4. The van der Waals surface area contributed by atoms with Gasteiger partial charge in [0.1, 0.15) is 22.5 Å². The normalized spacial score (nSPS) is 14.8. The van der Waals surface area contributed by atoms with Crippen LogP contribution in [0.4, 0.5) is 0 Å². The molecule has 6 nitrogen and oxygen atoms in total. The predicted octanol–water partition coefficient (Wildman–Crippen LogP) is 33.2. The largest absolute Gasteiger partial charge is 0.465 e. The fraction of sp³-hybridized carbons (Fsp3) is 0.317. The van der Waals surface area contributed by atoms with Gasteiger partial charge in [0.05, 0.1) is 46.2 Å². The molecule has 12 aromatic carbocycles. The predicted molar refractivity (Wildman–Crippen MR) is 552 cm³/mol. The molecular weight excluding hydrogens is 1640 g/mol. The van der Waals surface area contributed by atoms with Crippen molar-refractivity contribution in [3.63, 3.8) is 0 Å². The maximum atomic E-state index is 14.0. The highest BCUT2D eigenvalue weighted by molar-refractivity contribution is 8.02. The molecular formula is C123H126O6S2. The fourth-order valence-corrected chi connectivity index (χ4v) is 27.8. The van der Waals surface area contributed by atoms with E-state index in [9.17, 15) is 8.42 Å². The van der Waals surface area contributed by atoms with Crippen molar-refractivity contribution in [1.82, 2.24) is 0 Å². The molecule has 0 N–H and O–H groups in total. The Balaban J connectivity index is 0.000000127. The van der Waals surface area contributed by atoms with Crippen molar-refractivity contribution in [1.29, 1.82) is 0 Å². The van der Waals surface area contributed by atoms with Crippen LogP contribution in [-0.2, 0) is 26.1 Å². The van der Waals surface area contributed by atoms with E-state index in [2.05, 4.69) is 297 Å².